The molecule has 2 N–H and O–H groups in total. The van der Waals surface area contributed by atoms with Crippen LogP contribution >= 0.6 is 15.9 Å². The van der Waals surface area contributed by atoms with Gasteiger partial charge in [-0.3, -0.25) is 23.9 Å². The SMILES string of the molecule is CC(=O)c1nn(CC(=O)N2[C@H](C(=O)Nc3nc(Br)ccc3C)C[C@@]3(CNC(=O)C4=C(F)CCC4)C[C@@H]23)c2c(C)cc(-c3cnc(C)nc3)cc12. The standard InChI is InChI=1S/C36H36BrFN8O4/c1-18-8-9-29(37)42-33(18)43-35(50)27-12-36(17-41-34(49)24-6-5-7-26(24)38)13-28(36)46(27)30(48)16-45-32-19(2)10-22(23-14-39-21(4)40-15-23)11-25(32)31(44-45)20(3)47/h8-11,14-15,27-28H,5-7,12-13,16-17H2,1-4H3,(H,41,49)(H,42,43,50)/t27-,28+,36-/m0/s1. The highest BCUT2D eigenvalue weighted by Gasteiger charge is 2.67. The summed E-state index contributed by atoms with van der Waals surface area (Å²) in [7, 11) is 0. The summed E-state index contributed by atoms with van der Waals surface area (Å²) >= 11 is 3.35. The normalized spacial score (nSPS) is 21.0. The second-order valence-corrected chi connectivity index (χ2v) is 14.4. The Morgan fingerprint density at radius 3 is 2.48 bits per heavy atom. The highest BCUT2D eigenvalue weighted by Crippen LogP contribution is 2.59. The van der Waals surface area contributed by atoms with Gasteiger partial charge in [-0.2, -0.15) is 5.10 Å². The number of carbonyl (C=O) groups is 4. The Morgan fingerprint density at radius 2 is 1.78 bits per heavy atom. The van der Waals surface area contributed by atoms with Crippen molar-refractivity contribution in [2.45, 2.75) is 78.4 Å². The first kappa shape index (κ1) is 33.6. The molecule has 0 spiro atoms. The Bertz CT molecular complexity index is 2130. The van der Waals surface area contributed by atoms with Crippen molar-refractivity contribution in [2.75, 3.05) is 11.9 Å². The van der Waals surface area contributed by atoms with E-state index in [1.165, 1.54) is 11.6 Å². The van der Waals surface area contributed by atoms with E-state index in [9.17, 15) is 23.6 Å². The number of pyridine rings is 1. The third-order valence-corrected chi connectivity index (χ3v) is 10.5. The van der Waals surface area contributed by atoms with E-state index in [0.717, 1.165) is 22.3 Å². The number of nitrogens with zero attached hydrogens (tertiary/aromatic N) is 6. The molecule has 258 valence electrons. The Hall–Kier alpha value is -4.85. The topological polar surface area (TPSA) is 152 Å². The number of likely N-dealkylation sites (tertiary alicyclic amines) is 1. The molecule has 4 heterocycles. The van der Waals surface area contributed by atoms with Crippen molar-refractivity contribution in [3.8, 4) is 11.1 Å². The number of benzene rings is 1. The van der Waals surface area contributed by atoms with Crippen LogP contribution in [0.3, 0.4) is 0 Å². The minimum Gasteiger partial charge on any atom is -0.352 e. The Kier molecular flexibility index (Phi) is 8.61. The molecule has 2 fully saturated rings. The summed E-state index contributed by atoms with van der Waals surface area (Å²) in [6.45, 7) is 6.95. The molecule has 1 saturated carbocycles. The van der Waals surface area contributed by atoms with Gasteiger partial charge in [0.05, 0.1) is 5.52 Å². The molecule has 3 atom stereocenters. The number of nitrogens with one attached hydrogen (secondary N) is 2. The van der Waals surface area contributed by atoms with Gasteiger partial charge in [0.15, 0.2) is 5.78 Å². The summed E-state index contributed by atoms with van der Waals surface area (Å²) in [5.74, 6) is -0.801. The van der Waals surface area contributed by atoms with Gasteiger partial charge in [-0.15, -0.1) is 0 Å². The van der Waals surface area contributed by atoms with Crippen LogP contribution in [0.15, 0.2) is 52.7 Å². The minimum absolute atomic E-state index is 0.176. The summed E-state index contributed by atoms with van der Waals surface area (Å²) in [4.78, 5) is 68.5. The molecule has 3 aliphatic rings. The molecule has 7 rings (SSSR count). The van der Waals surface area contributed by atoms with E-state index in [4.69, 9.17) is 0 Å². The van der Waals surface area contributed by atoms with Gasteiger partial charge in [0.25, 0.3) is 0 Å². The zero-order valence-electron chi connectivity index (χ0n) is 28.1. The van der Waals surface area contributed by atoms with Crippen molar-refractivity contribution in [2.24, 2.45) is 5.41 Å². The number of rotatable bonds is 9. The Morgan fingerprint density at radius 1 is 1.02 bits per heavy atom. The van der Waals surface area contributed by atoms with E-state index in [-0.39, 0.29) is 54.3 Å². The first-order valence-corrected chi connectivity index (χ1v) is 17.4. The van der Waals surface area contributed by atoms with E-state index < -0.39 is 23.3 Å². The third kappa shape index (κ3) is 6.10. The van der Waals surface area contributed by atoms with Crippen molar-refractivity contribution < 1.29 is 23.6 Å². The molecule has 2 aliphatic carbocycles. The first-order valence-electron chi connectivity index (χ1n) is 16.6. The van der Waals surface area contributed by atoms with Gasteiger partial charge in [-0.25, -0.2) is 19.3 Å². The lowest BCUT2D eigenvalue weighted by atomic mass is 9.98. The van der Waals surface area contributed by atoms with Crippen LogP contribution < -0.4 is 10.6 Å². The van der Waals surface area contributed by atoms with E-state index in [0.29, 0.717) is 52.8 Å². The number of halogens is 2. The number of piperidine rings is 1. The molecular weight excluding hydrogens is 707 g/mol. The van der Waals surface area contributed by atoms with Gasteiger partial charge in [0, 0.05) is 53.8 Å². The molecule has 1 saturated heterocycles. The lowest BCUT2D eigenvalue weighted by Gasteiger charge is -2.27. The number of ketones is 1. The van der Waals surface area contributed by atoms with Crippen LogP contribution in [0, 0.1) is 26.2 Å². The quantitative estimate of drug-likeness (QED) is 0.173. The fourth-order valence-corrected chi connectivity index (χ4v) is 7.74. The molecule has 3 aromatic heterocycles. The molecule has 0 radical (unpaired) electrons. The van der Waals surface area contributed by atoms with Crippen LogP contribution in [0.2, 0.25) is 0 Å². The van der Waals surface area contributed by atoms with Gasteiger partial charge >= 0.3 is 0 Å². The molecule has 3 amide bonds. The van der Waals surface area contributed by atoms with E-state index in [1.807, 2.05) is 32.0 Å². The van der Waals surface area contributed by atoms with Crippen LogP contribution in [0.1, 0.15) is 66.5 Å². The van der Waals surface area contributed by atoms with E-state index in [1.54, 1.807) is 30.3 Å². The maximum atomic E-state index is 14.3. The lowest BCUT2D eigenvalue weighted by Crippen LogP contribution is -2.47. The maximum Gasteiger partial charge on any atom is 0.249 e. The Labute approximate surface area is 296 Å². The number of anilines is 1. The van der Waals surface area contributed by atoms with Crippen LogP contribution in [-0.4, -0.2) is 71.8 Å². The number of fused-ring (bicyclic) bond motifs is 2. The molecule has 12 nitrogen and oxygen atoms in total. The zero-order valence-corrected chi connectivity index (χ0v) is 29.7. The number of allylic oxidation sites excluding steroid dienone is 1. The average molecular weight is 744 g/mol. The summed E-state index contributed by atoms with van der Waals surface area (Å²) in [5.41, 5.74) is 3.65. The second kappa shape index (κ2) is 12.8. The monoisotopic (exact) mass is 742 g/mol. The smallest absolute Gasteiger partial charge is 0.249 e. The van der Waals surface area contributed by atoms with Crippen molar-refractivity contribution in [1.82, 2.24) is 34.9 Å². The number of aryl methyl sites for hydroxylation is 3. The summed E-state index contributed by atoms with van der Waals surface area (Å²) < 4.78 is 16.3. The summed E-state index contributed by atoms with van der Waals surface area (Å²) in [5, 5.41) is 11.0. The highest BCUT2D eigenvalue weighted by molar-refractivity contribution is 9.10. The van der Waals surface area contributed by atoms with Crippen LogP contribution in [0.4, 0.5) is 10.2 Å². The van der Waals surface area contributed by atoms with Gasteiger partial charge in [0.1, 0.15) is 40.4 Å². The summed E-state index contributed by atoms with van der Waals surface area (Å²) in [6.07, 6.45) is 5.59. The lowest BCUT2D eigenvalue weighted by molar-refractivity contribution is -0.138. The molecule has 0 unspecified atom stereocenters. The molecule has 0 bridgehead atoms. The molecule has 50 heavy (non-hydrogen) atoms. The number of Topliss-reactive ketones (excluding diaryl/α,β-unsaturated/α-hetero) is 1. The first-order chi connectivity index (χ1) is 23.8. The molecule has 1 aliphatic heterocycles. The van der Waals surface area contributed by atoms with Gasteiger partial charge < -0.3 is 15.5 Å². The minimum atomic E-state index is -0.857. The Balaban J connectivity index is 1.19. The molecule has 1 aromatic carbocycles. The van der Waals surface area contributed by atoms with Crippen molar-refractivity contribution >= 4 is 56.2 Å². The maximum absolute atomic E-state index is 14.3. The predicted octanol–water partition coefficient (Wildman–Crippen LogP) is 5.30. The van der Waals surface area contributed by atoms with Crippen molar-refractivity contribution in [3.05, 3.63) is 75.3 Å². The average Bonchev–Trinajstić information content (AvgIpc) is 3.33. The fourth-order valence-electron chi connectivity index (χ4n) is 7.43. The largest absolute Gasteiger partial charge is 0.352 e. The number of carbonyl (C=O) groups excluding carboxylic acids is 4. The van der Waals surface area contributed by atoms with Crippen LogP contribution in [0.25, 0.3) is 22.0 Å². The molecular formula is C36H36BrFN8O4. The number of aromatic nitrogens is 5. The highest BCUT2D eigenvalue weighted by atomic mass is 79.9. The zero-order chi connectivity index (χ0) is 35.5. The fraction of sp³-hybridized carbons (Fsp3) is 0.389. The third-order valence-electron chi connectivity index (χ3n) is 10.1. The molecule has 4 aromatic rings. The number of hydrogen-bond acceptors (Lipinski definition) is 8. The van der Waals surface area contributed by atoms with Gasteiger partial charge in [-0.1, -0.05) is 6.07 Å². The molecule has 14 heteroatoms. The van der Waals surface area contributed by atoms with E-state index >= 15 is 0 Å². The van der Waals surface area contributed by atoms with Crippen LogP contribution in [-0.2, 0) is 20.9 Å². The number of amides is 3. The van der Waals surface area contributed by atoms with Crippen molar-refractivity contribution in [3.63, 3.8) is 0 Å². The number of hydrogen-bond donors (Lipinski definition) is 2. The summed E-state index contributed by atoms with van der Waals surface area (Å²) in [6, 6.07) is 6.22. The van der Waals surface area contributed by atoms with Gasteiger partial charge in [0.2, 0.25) is 17.7 Å². The van der Waals surface area contributed by atoms with Crippen molar-refractivity contribution in [1.29, 1.82) is 0 Å². The predicted molar refractivity (Wildman–Crippen MR) is 187 cm³/mol. The van der Waals surface area contributed by atoms with Crippen LogP contribution in [0.5, 0.6) is 0 Å². The van der Waals surface area contributed by atoms with Gasteiger partial charge in [-0.05, 0) is 104 Å². The van der Waals surface area contributed by atoms with E-state index in [2.05, 4.69) is 46.6 Å². The second-order valence-electron chi connectivity index (χ2n) is 13.6.